The highest BCUT2D eigenvalue weighted by Crippen LogP contribution is 2.30. The molecule has 25 heavy (non-hydrogen) atoms. The molecule has 3 aromatic rings. The number of hydrogen-bond acceptors (Lipinski definition) is 2. The van der Waals surface area contributed by atoms with E-state index < -0.39 is 0 Å². The minimum atomic E-state index is -0.169. The van der Waals surface area contributed by atoms with Gasteiger partial charge in [-0.05, 0) is 79.6 Å². The number of benzene rings is 3. The standard InChI is InChI=1S/C21H18ClNOS/c1-14-6-9-20(12-15(14)2)25-19-10-7-18(8-11-19)23-21(24)16-4-3-5-17(22)13-16/h3-13H,1-2H3,(H,23,24). The van der Waals surface area contributed by atoms with E-state index >= 15 is 0 Å². The molecule has 2 nitrogen and oxygen atoms in total. The van der Waals surface area contributed by atoms with E-state index in [2.05, 4.69) is 37.4 Å². The van der Waals surface area contributed by atoms with E-state index in [1.165, 1.54) is 16.0 Å². The van der Waals surface area contributed by atoms with Crippen molar-refractivity contribution in [3.63, 3.8) is 0 Å². The Hall–Kier alpha value is -2.23. The first-order chi connectivity index (χ1) is 12.0. The van der Waals surface area contributed by atoms with Crippen LogP contribution in [0.1, 0.15) is 21.5 Å². The predicted octanol–water partition coefficient (Wildman–Crippen LogP) is 6.36. The van der Waals surface area contributed by atoms with Gasteiger partial charge in [0.05, 0.1) is 0 Å². The Balaban J connectivity index is 1.67. The van der Waals surface area contributed by atoms with Crippen LogP contribution in [0.15, 0.2) is 76.5 Å². The maximum absolute atomic E-state index is 12.2. The molecule has 0 aliphatic carbocycles. The summed E-state index contributed by atoms with van der Waals surface area (Å²) in [5.41, 5.74) is 3.88. The van der Waals surface area contributed by atoms with Crippen LogP contribution in [0, 0.1) is 13.8 Å². The number of aryl methyl sites for hydroxylation is 2. The second-order valence-corrected chi connectivity index (χ2v) is 7.42. The zero-order chi connectivity index (χ0) is 17.8. The number of halogens is 1. The Morgan fingerprint density at radius 2 is 1.60 bits per heavy atom. The van der Waals surface area contributed by atoms with Gasteiger partial charge in [0.15, 0.2) is 0 Å². The summed E-state index contributed by atoms with van der Waals surface area (Å²) in [6, 6.07) is 21.2. The molecule has 0 unspecified atom stereocenters. The van der Waals surface area contributed by atoms with E-state index in [0.29, 0.717) is 10.6 Å². The molecule has 0 heterocycles. The van der Waals surface area contributed by atoms with Gasteiger partial charge in [0.2, 0.25) is 0 Å². The molecule has 0 aromatic heterocycles. The molecule has 0 radical (unpaired) electrons. The zero-order valence-corrected chi connectivity index (χ0v) is 15.6. The van der Waals surface area contributed by atoms with Gasteiger partial charge in [-0.15, -0.1) is 0 Å². The van der Waals surface area contributed by atoms with Crippen molar-refractivity contribution < 1.29 is 4.79 Å². The van der Waals surface area contributed by atoms with Gasteiger partial charge in [-0.1, -0.05) is 35.5 Å². The van der Waals surface area contributed by atoms with Gasteiger partial charge in [0.25, 0.3) is 5.91 Å². The van der Waals surface area contributed by atoms with Crippen molar-refractivity contribution in [3.05, 3.63) is 88.4 Å². The van der Waals surface area contributed by atoms with Gasteiger partial charge in [0, 0.05) is 26.1 Å². The number of amides is 1. The molecule has 0 aliphatic rings. The van der Waals surface area contributed by atoms with Crippen LogP contribution in [0.4, 0.5) is 5.69 Å². The summed E-state index contributed by atoms with van der Waals surface area (Å²) in [6.45, 7) is 4.23. The van der Waals surface area contributed by atoms with Gasteiger partial charge < -0.3 is 5.32 Å². The summed E-state index contributed by atoms with van der Waals surface area (Å²) in [5.74, 6) is -0.169. The third kappa shape index (κ3) is 4.65. The van der Waals surface area contributed by atoms with Gasteiger partial charge in [-0.3, -0.25) is 4.79 Å². The Morgan fingerprint density at radius 3 is 2.28 bits per heavy atom. The largest absolute Gasteiger partial charge is 0.322 e. The Bertz CT molecular complexity index is 906. The molecular weight excluding hydrogens is 350 g/mol. The van der Waals surface area contributed by atoms with Crippen molar-refractivity contribution in [1.29, 1.82) is 0 Å². The summed E-state index contributed by atoms with van der Waals surface area (Å²) in [7, 11) is 0. The van der Waals surface area contributed by atoms with Crippen LogP contribution in [0.25, 0.3) is 0 Å². The maximum Gasteiger partial charge on any atom is 0.255 e. The van der Waals surface area contributed by atoms with Crippen LogP contribution in [0.2, 0.25) is 5.02 Å². The van der Waals surface area contributed by atoms with Crippen LogP contribution < -0.4 is 5.32 Å². The highest BCUT2D eigenvalue weighted by Gasteiger charge is 2.07. The molecule has 0 fully saturated rings. The summed E-state index contributed by atoms with van der Waals surface area (Å²) in [4.78, 5) is 14.6. The average Bonchev–Trinajstić information content (AvgIpc) is 2.60. The third-order valence-electron chi connectivity index (χ3n) is 3.91. The molecular formula is C21H18ClNOS. The number of hydrogen-bond donors (Lipinski definition) is 1. The second kappa shape index (κ2) is 7.77. The molecule has 126 valence electrons. The lowest BCUT2D eigenvalue weighted by atomic mass is 10.1. The van der Waals surface area contributed by atoms with Gasteiger partial charge in [-0.2, -0.15) is 0 Å². The highest BCUT2D eigenvalue weighted by molar-refractivity contribution is 7.99. The SMILES string of the molecule is Cc1ccc(Sc2ccc(NC(=O)c3cccc(Cl)c3)cc2)cc1C. The molecule has 0 saturated heterocycles. The molecule has 0 saturated carbocycles. The van der Waals surface area contributed by atoms with Crippen molar-refractivity contribution >= 4 is 35.0 Å². The Morgan fingerprint density at radius 1 is 0.880 bits per heavy atom. The fourth-order valence-electron chi connectivity index (χ4n) is 2.35. The number of anilines is 1. The van der Waals surface area contributed by atoms with Crippen molar-refractivity contribution in [2.45, 2.75) is 23.6 Å². The quantitative estimate of drug-likeness (QED) is 0.581. The number of nitrogens with one attached hydrogen (secondary N) is 1. The summed E-state index contributed by atoms with van der Waals surface area (Å²) in [5, 5.41) is 3.44. The number of rotatable bonds is 4. The maximum atomic E-state index is 12.2. The molecule has 3 aromatic carbocycles. The Labute approximate surface area is 157 Å². The third-order valence-corrected chi connectivity index (χ3v) is 5.15. The normalized spacial score (nSPS) is 10.5. The van der Waals surface area contributed by atoms with E-state index in [0.717, 1.165) is 10.6 Å². The first kappa shape index (κ1) is 17.6. The summed E-state index contributed by atoms with van der Waals surface area (Å²) >= 11 is 7.63. The fourth-order valence-corrected chi connectivity index (χ4v) is 3.46. The van der Waals surface area contributed by atoms with Gasteiger partial charge in [-0.25, -0.2) is 0 Å². The van der Waals surface area contributed by atoms with Crippen molar-refractivity contribution in [2.24, 2.45) is 0 Å². The number of carbonyl (C=O) groups is 1. The van der Waals surface area contributed by atoms with E-state index in [-0.39, 0.29) is 5.91 Å². The molecule has 0 spiro atoms. The van der Waals surface area contributed by atoms with Crippen LogP contribution in [-0.2, 0) is 0 Å². The van der Waals surface area contributed by atoms with Crippen LogP contribution in [0.3, 0.4) is 0 Å². The Kier molecular flexibility index (Phi) is 5.47. The second-order valence-electron chi connectivity index (χ2n) is 5.84. The monoisotopic (exact) mass is 367 g/mol. The zero-order valence-electron chi connectivity index (χ0n) is 14.0. The van der Waals surface area contributed by atoms with E-state index in [9.17, 15) is 4.79 Å². The molecule has 0 atom stereocenters. The minimum Gasteiger partial charge on any atom is -0.322 e. The lowest BCUT2D eigenvalue weighted by Crippen LogP contribution is -2.11. The van der Waals surface area contributed by atoms with E-state index in [1.54, 1.807) is 36.0 Å². The van der Waals surface area contributed by atoms with Crippen LogP contribution >= 0.6 is 23.4 Å². The average molecular weight is 368 g/mol. The summed E-state index contributed by atoms with van der Waals surface area (Å²) < 4.78 is 0. The minimum absolute atomic E-state index is 0.169. The van der Waals surface area contributed by atoms with Crippen molar-refractivity contribution in [3.8, 4) is 0 Å². The molecule has 0 bridgehead atoms. The predicted molar refractivity (Wildman–Crippen MR) is 106 cm³/mol. The van der Waals surface area contributed by atoms with E-state index in [4.69, 9.17) is 11.6 Å². The van der Waals surface area contributed by atoms with Gasteiger partial charge in [0.1, 0.15) is 0 Å². The van der Waals surface area contributed by atoms with Crippen LogP contribution in [-0.4, -0.2) is 5.91 Å². The van der Waals surface area contributed by atoms with Crippen molar-refractivity contribution in [2.75, 3.05) is 5.32 Å². The molecule has 3 rings (SSSR count). The molecule has 4 heteroatoms. The van der Waals surface area contributed by atoms with Crippen molar-refractivity contribution in [1.82, 2.24) is 0 Å². The molecule has 1 amide bonds. The molecule has 0 aliphatic heterocycles. The first-order valence-electron chi connectivity index (χ1n) is 7.93. The fraction of sp³-hybridized carbons (Fsp3) is 0.0952. The lowest BCUT2D eigenvalue weighted by molar-refractivity contribution is 0.102. The van der Waals surface area contributed by atoms with Crippen LogP contribution in [0.5, 0.6) is 0 Å². The smallest absolute Gasteiger partial charge is 0.255 e. The summed E-state index contributed by atoms with van der Waals surface area (Å²) in [6.07, 6.45) is 0. The first-order valence-corrected chi connectivity index (χ1v) is 9.13. The lowest BCUT2D eigenvalue weighted by Gasteiger charge is -2.08. The number of carbonyl (C=O) groups excluding carboxylic acids is 1. The van der Waals surface area contributed by atoms with Gasteiger partial charge >= 0.3 is 0 Å². The topological polar surface area (TPSA) is 29.1 Å². The highest BCUT2D eigenvalue weighted by atomic mass is 35.5. The van der Waals surface area contributed by atoms with E-state index in [1.807, 2.05) is 24.3 Å². The molecule has 1 N–H and O–H groups in total.